The van der Waals surface area contributed by atoms with E-state index in [-0.39, 0.29) is 35.2 Å². The number of carbonyl (C=O) groups is 2. The zero-order valence-corrected chi connectivity index (χ0v) is 13.9. The Morgan fingerprint density at radius 2 is 1.86 bits per heavy atom. The molecule has 4 heteroatoms. The highest BCUT2D eigenvalue weighted by atomic mass is 16.2. The van der Waals surface area contributed by atoms with Gasteiger partial charge in [0.1, 0.15) is 12.1 Å². The molecule has 0 bridgehead atoms. The van der Waals surface area contributed by atoms with E-state index in [1.807, 2.05) is 25.7 Å². The second-order valence-electron chi connectivity index (χ2n) is 7.18. The lowest BCUT2D eigenvalue weighted by atomic mass is 9.81. The third-order valence-electron chi connectivity index (χ3n) is 5.50. The predicted molar refractivity (Wildman–Crippen MR) is 83.8 cm³/mol. The SMILES string of the molecule is CCC1C(=O)NC(C(C)C)C(=O)N1CC1(CC)CCCC1. The Bertz CT molecular complexity index is 400. The number of carbonyl (C=O) groups excluding carboxylic acids is 2. The highest BCUT2D eigenvalue weighted by Gasteiger charge is 2.44. The predicted octanol–water partition coefficient (Wildman–Crippen LogP) is 2.72. The van der Waals surface area contributed by atoms with E-state index in [4.69, 9.17) is 0 Å². The molecule has 2 rings (SSSR count). The number of hydrogen-bond donors (Lipinski definition) is 1. The molecule has 1 saturated carbocycles. The number of nitrogens with one attached hydrogen (secondary N) is 1. The monoisotopic (exact) mass is 294 g/mol. The minimum atomic E-state index is -0.351. The molecular weight excluding hydrogens is 264 g/mol. The molecule has 2 atom stereocenters. The fourth-order valence-corrected chi connectivity index (χ4v) is 3.94. The van der Waals surface area contributed by atoms with Crippen molar-refractivity contribution >= 4 is 11.8 Å². The number of piperazine rings is 1. The van der Waals surface area contributed by atoms with Crippen molar-refractivity contribution in [2.75, 3.05) is 6.54 Å². The van der Waals surface area contributed by atoms with Gasteiger partial charge in [0.25, 0.3) is 0 Å². The van der Waals surface area contributed by atoms with E-state index in [0.29, 0.717) is 6.42 Å². The second kappa shape index (κ2) is 6.37. The Hall–Kier alpha value is -1.06. The summed E-state index contributed by atoms with van der Waals surface area (Å²) < 4.78 is 0. The van der Waals surface area contributed by atoms with Crippen LogP contribution in [0.1, 0.15) is 66.2 Å². The summed E-state index contributed by atoms with van der Waals surface area (Å²) in [5.74, 6) is 0.291. The van der Waals surface area contributed by atoms with E-state index in [1.54, 1.807) is 0 Å². The van der Waals surface area contributed by atoms with Gasteiger partial charge in [-0.2, -0.15) is 0 Å². The zero-order valence-electron chi connectivity index (χ0n) is 13.9. The normalized spacial score (nSPS) is 29.1. The minimum absolute atomic E-state index is 0.0278. The van der Waals surface area contributed by atoms with Gasteiger partial charge in [0.05, 0.1) is 0 Å². The van der Waals surface area contributed by atoms with Crippen molar-refractivity contribution in [3.8, 4) is 0 Å². The lowest BCUT2D eigenvalue weighted by Crippen LogP contribution is -2.65. The van der Waals surface area contributed by atoms with Crippen molar-refractivity contribution in [2.24, 2.45) is 11.3 Å². The van der Waals surface area contributed by atoms with E-state index in [9.17, 15) is 9.59 Å². The molecule has 1 saturated heterocycles. The van der Waals surface area contributed by atoms with Gasteiger partial charge in [0.15, 0.2) is 0 Å². The molecule has 0 aromatic rings. The van der Waals surface area contributed by atoms with Crippen LogP contribution in [0.3, 0.4) is 0 Å². The maximum atomic E-state index is 12.8. The van der Waals surface area contributed by atoms with Crippen LogP contribution >= 0.6 is 0 Å². The highest BCUT2D eigenvalue weighted by Crippen LogP contribution is 2.42. The summed E-state index contributed by atoms with van der Waals surface area (Å²) in [4.78, 5) is 27.1. The molecule has 1 heterocycles. The molecule has 0 radical (unpaired) electrons. The Labute approximate surface area is 128 Å². The number of nitrogens with zero attached hydrogens (tertiary/aromatic N) is 1. The largest absolute Gasteiger partial charge is 0.342 e. The molecule has 0 aromatic carbocycles. The topological polar surface area (TPSA) is 49.4 Å². The average Bonchev–Trinajstić information content (AvgIpc) is 2.91. The molecule has 2 aliphatic rings. The summed E-state index contributed by atoms with van der Waals surface area (Å²) in [7, 11) is 0. The van der Waals surface area contributed by atoms with E-state index in [0.717, 1.165) is 13.0 Å². The van der Waals surface area contributed by atoms with Crippen LogP contribution in [0.25, 0.3) is 0 Å². The molecule has 2 unspecified atom stereocenters. The third-order valence-corrected chi connectivity index (χ3v) is 5.50. The van der Waals surface area contributed by atoms with E-state index in [1.165, 1.54) is 25.7 Å². The zero-order chi connectivity index (χ0) is 15.6. The Kier molecular flexibility index (Phi) is 4.95. The van der Waals surface area contributed by atoms with Gasteiger partial charge in [-0.25, -0.2) is 0 Å². The van der Waals surface area contributed by atoms with Crippen molar-refractivity contribution in [1.29, 1.82) is 0 Å². The summed E-state index contributed by atoms with van der Waals surface area (Å²) >= 11 is 0. The summed E-state index contributed by atoms with van der Waals surface area (Å²) in [5.41, 5.74) is 0.238. The molecule has 0 spiro atoms. The van der Waals surface area contributed by atoms with Gasteiger partial charge in [-0.1, -0.05) is 40.5 Å². The number of rotatable bonds is 5. The summed E-state index contributed by atoms with van der Waals surface area (Å²) in [5, 5.41) is 2.92. The third kappa shape index (κ3) is 3.09. The molecule has 1 aliphatic heterocycles. The lowest BCUT2D eigenvalue weighted by molar-refractivity contribution is -0.152. The molecular formula is C17H30N2O2. The molecule has 1 aliphatic carbocycles. The summed E-state index contributed by atoms with van der Waals surface area (Å²) in [6.07, 6.45) is 6.69. The summed E-state index contributed by atoms with van der Waals surface area (Å²) in [6.45, 7) is 8.97. The van der Waals surface area contributed by atoms with E-state index in [2.05, 4.69) is 12.2 Å². The molecule has 120 valence electrons. The van der Waals surface area contributed by atoms with Crippen LogP contribution in [0.15, 0.2) is 0 Å². The van der Waals surface area contributed by atoms with Crippen LogP contribution in [0.5, 0.6) is 0 Å². The van der Waals surface area contributed by atoms with Crippen molar-refractivity contribution in [3.05, 3.63) is 0 Å². The molecule has 0 aromatic heterocycles. The van der Waals surface area contributed by atoms with Gasteiger partial charge in [-0.05, 0) is 37.0 Å². The first kappa shape index (κ1) is 16.3. The van der Waals surface area contributed by atoms with Gasteiger partial charge < -0.3 is 10.2 Å². The fourth-order valence-electron chi connectivity index (χ4n) is 3.94. The smallest absolute Gasteiger partial charge is 0.246 e. The Balaban J connectivity index is 2.23. The second-order valence-corrected chi connectivity index (χ2v) is 7.18. The van der Waals surface area contributed by atoms with Crippen LogP contribution < -0.4 is 5.32 Å². The first-order valence-corrected chi connectivity index (χ1v) is 8.55. The van der Waals surface area contributed by atoms with Crippen LogP contribution in [-0.2, 0) is 9.59 Å². The Morgan fingerprint density at radius 3 is 2.33 bits per heavy atom. The average molecular weight is 294 g/mol. The summed E-state index contributed by atoms with van der Waals surface area (Å²) in [6, 6.07) is -0.632. The quantitative estimate of drug-likeness (QED) is 0.847. The molecule has 21 heavy (non-hydrogen) atoms. The standard InChI is InChI=1S/C17H30N2O2/c1-5-13-15(20)18-14(12(3)4)16(21)19(13)11-17(6-2)9-7-8-10-17/h12-14H,5-11H2,1-4H3,(H,18,20). The highest BCUT2D eigenvalue weighted by molar-refractivity contribution is 5.97. The van der Waals surface area contributed by atoms with Gasteiger partial charge in [0, 0.05) is 6.54 Å². The first-order valence-electron chi connectivity index (χ1n) is 8.55. The van der Waals surface area contributed by atoms with Crippen molar-refractivity contribution in [1.82, 2.24) is 10.2 Å². The van der Waals surface area contributed by atoms with Crippen LogP contribution in [0.4, 0.5) is 0 Å². The van der Waals surface area contributed by atoms with Gasteiger partial charge in [0.2, 0.25) is 11.8 Å². The number of amides is 2. The molecule has 2 amide bonds. The van der Waals surface area contributed by atoms with E-state index < -0.39 is 0 Å². The van der Waals surface area contributed by atoms with Crippen molar-refractivity contribution in [3.63, 3.8) is 0 Å². The minimum Gasteiger partial charge on any atom is -0.342 e. The van der Waals surface area contributed by atoms with Crippen LogP contribution in [0, 0.1) is 11.3 Å². The Morgan fingerprint density at radius 1 is 1.24 bits per heavy atom. The fraction of sp³-hybridized carbons (Fsp3) is 0.882. The number of hydrogen-bond acceptors (Lipinski definition) is 2. The van der Waals surface area contributed by atoms with E-state index >= 15 is 0 Å². The van der Waals surface area contributed by atoms with Crippen molar-refractivity contribution in [2.45, 2.75) is 78.3 Å². The van der Waals surface area contributed by atoms with Crippen LogP contribution in [0.2, 0.25) is 0 Å². The lowest BCUT2D eigenvalue weighted by Gasteiger charge is -2.44. The first-order chi connectivity index (χ1) is 9.94. The van der Waals surface area contributed by atoms with Gasteiger partial charge in [-0.15, -0.1) is 0 Å². The van der Waals surface area contributed by atoms with Gasteiger partial charge >= 0.3 is 0 Å². The molecule has 4 nitrogen and oxygen atoms in total. The maximum Gasteiger partial charge on any atom is 0.246 e. The van der Waals surface area contributed by atoms with Crippen molar-refractivity contribution < 1.29 is 9.59 Å². The van der Waals surface area contributed by atoms with Crippen LogP contribution in [-0.4, -0.2) is 35.3 Å². The molecule has 2 fully saturated rings. The maximum absolute atomic E-state index is 12.8. The molecule has 1 N–H and O–H groups in total. The van der Waals surface area contributed by atoms with Gasteiger partial charge in [-0.3, -0.25) is 9.59 Å².